The second-order valence-corrected chi connectivity index (χ2v) is 4.55. The molecule has 20 heavy (non-hydrogen) atoms. The van der Waals surface area contributed by atoms with Crippen LogP contribution in [0.4, 0.5) is 0 Å². The average molecular weight is 266 g/mol. The van der Waals surface area contributed by atoms with Gasteiger partial charge in [0.05, 0.1) is 6.61 Å². The Balaban J connectivity index is 2.47. The maximum atomic E-state index is 11.8. The number of hydrogen-bond acceptors (Lipinski definition) is 2. The number of aryl methyl sites for hydroxylation is 1. The van der Waals surface area contributed by atoms with Gasteiger partial charge in [-0.05, 0) is 30.5 Å². The van der Waals surface area contributed by atoms with E-state index in [1.165, 1.54) is 0 Å². The largest absolute Gasteiger partial charge is 0.463 e. The van der Waals surface area contributed by atoms with Crippen molar-refractivity contribution >= 4 is 11.5 Å². The highest BCUT2D eigenvalue weighted by Crippen LogP contribution is 2.24. The third-order valence-corrected chi connectivity index (χ3v) is 2.96. The summed E-state index contributed by atoms with van der Waals surface area (Å²) in [6.45, 7) is 4.22. The van der Waals surface area contributed by atoms with Crippen LogP contribution in [0.2, 0.25) is 0 Å². The molecule has 0 aliphatic carbocycles. The highest BCUT2D eigenvalue weighted by Gasteiger charge is 2.08. The highest BCUT2D eigenvalue weighted by atomic mass is 16.5. The van der Waals surface area contributed by atoms with Gasteiger partial charge in [0.25, 0.3) is 0 Å². The summed E-state index contributed by atoms with van der Waals surface area (Å²) in [4.78, 5) is 11.8. The monoisotopic (exact) mass is 266 g/mol. The van der Waals surface area contributed by atoms with E-state index in [0.717, 1.165) is 22.3 Å². The van der Waals surface area contributed by atoms with Gasteiger partial charge in [-0.25, -0.2) is 4.79 Å². The summed E-state index contributed by atoms with van der Waals surface area (Å²) in [5.74, 6) is -0.312. The van der Waals surface area contributed by atoms with Crippen molar-refractivity contribution in [3.8, 4) is 0 Å². The van der Waals surface area contributed by atoms with Gasteiger partial charge in [-0.2, -0.15) is 0 Å². The van der Waals surface area contributed by atoms with Crippen LogP contribution >= 0.6 is 0 Å². The Hall–Kier alpha value is -2.35. The fourth-order valence-electron chi connectivity index (χ4n) is 2.07. The van der Waals surface area contributed by atoms with Gasteiger partial charge in [-0.3, -0.25) is 0 Å². The molecule has 0 saturated heterocycles. The molecule has 0 bridgehead atoms. The molecule has 0 saturated carbocycles. The lowest BCUT2D eigenvalue weighted by Crippen LogP contribution is -2.02. The first kappa shape index (κ1) is 14.1. The van der Waals surface area contributed by atoms with Gasteiger partial charge < -0.3 is 4.74 Å². The lowest BCUT2D eigenvalue weighted by atomic mass is 9.96. The molecule has 2 aromatic rings. The van der Waals surface area contributed by atoms with Crippen molar-refractivity contribution in [2.75, 3.05) is 6.61 Å². The van der Waals surface area contributed by atoms with Crippen molar-refractivity contribution in [2.24, 2.45) is 0 Å². The number of ether oxygens (including phenoxy) is 1. The Morgan fingerprint density at radius 1 is 1.05 bits per heavy atom. The molecular weight excluding hydrogens is 248 g/mol. The average Bonchev–Trinajstić information content (AvgIpc) is 2.46. The van der Waals surface area contributed by atoms with E-state index in [0.29, 0.717) is 6.61 Å². The minimum absolute atomic E-state index is 0.312. The summed E-state index contributed by atoms with van der Waals surface area (Å²) in [5.41, 5.74) is 4.07. The van der Waals surface area contributed by atoms with Gasteiger partial charge >= 0.3 is 5.97 Å². The number of rotatable bonds is 4. The van der Waals surface area contributed by atoms with Crippen LogP contribution < -0.4 is 0 Å². The van der Waals surface area contributed by atoms with E-state index in [2.05, 4.69) is 6.07 Å². The lowest BCUT2D eigenvalue weighted by Gasteiger charge is -2.09. The van der Waals surface area contributed by atoms with Crippen molar-refractivity contribution in [1.29, 1.82) is 0 Å². The molecule has 0 unspecified atom stereocenters. The molecule has 0 N–H and O–H groups in total. The van der Waals surface area contributed by atoms with E-state index in [1.54, 1.807) is 13.0 Å². The third-order valence-electron chi connectivity index (χ3n) is 2.96. The first-order valence-corrected chi connectivity index (χ1v) is 6.71. The van der Waals surface area contributed by atoms with E-state index in [1.807, 2.05) is 55.5 Å². The second-order valence-electron chi connectivity index (χ2n) is 4.55. The molecule has 0 radical (unpaired) electrons. The fraction of sp³-hybridized carbons (Fsp3) is 0.167. The van der Waals surface area contributed by atoms with Crippen LogP contribution in [0.1, 0.15) is 23.6 Å². The molecular formula is C18H18O2. The van der Waals surface area contributed by atoms with Gasteiger partial charge in [-0.1, -0.05) is 60.2 Å². The van der Waals surface area contributed by atoms with E-state index < -0.39 is 0 Å². The van der Waals surface area contributed by atoms with Crippen molar-refractivity contribution in [3.63, 3.8) is 0 Å². The van der Waals surface area contributed by atoms with Crippen LogP contribution in [0.5, 0.6) is 0 Å². The quantitative estimate of drug-likeness (QED) is 0.618. The first-order valence-electron chi connectivity index (χ1n) is 6.71. The smallest absolute Gasteiger partial charge is 0.331 e. The number of esters is 1. The van der Waals surface area contributed by atoms with Crippen LogP contribution in [0.25, 0.3) is 5.57 Å². The van der Waals surface area contributed by atoms with Gasteiger partial charge in [0, 0.05) is 6.08 Å². The molecule has 0 spiro atoms. The molecule has 2 rings (SSSR count). The Morgan fingerprint density at radius 3 is 2.40 bits per heavy atom. The molecule has 0 atom stereocenters. The maximum absolute atomic E-state index is 11.8. The minimum Gasteiger partial charge on any atom is -0.463 e. The third kappa shape index (κ3) is 3.58. The molecule has 0 aliphatic heterocycles. The van der Waals surface area contributed by atoms with Gasteiger partial charge in [0.1, 0.15) is 0 Å². The SMILES string of the molecule is CCOC(=O)/C=C(/c1ccccc1)c1cccc(C)c1. The summed E-state index contributed by atoms with van der Waals surface area (Å²) in [6.07, 6.45) is 1.56. The highest BCUT2D eigenvalue weighted by molar-refractivity contribution is 5.96. The number of benzene rings is 2. The molecule has 2 nitrogen and oxygen atoms in total. The Kier molecular flexibility index (Phi) is 4.72. The predicted molar refractivity (Wildman–Crippen MR) is 81.3 cm³/mol. The second kappa shape index (κ2) is 6.71. The summed E-state index contributed by atoms with van der Waals surface area (Å²) in [6, 6.07) is 18.0. The zero-order valence-electron chi connectivity index (χ0n) is 11.8. The van der Waals surface area contributed by atoms with Crippen molar-refractivity contribution < 1.29 is 9.53 Å². The summed E-state index contributed by atoms with van der Waals surface area (Å²) < 4.78 is 5.03. The fourth-order valence-corrected chi connectivity index (χ4v) is 2.07. The number of carbonyl (C=O) groups is 1. The normalized spacial score (nSPS) is 11.2. The molecule has 2 heteroatoms. The van der Waals surface area contributed by atoms with Crippen LogP contribution in [0.3, 0.4) is 0 Å². The maximum Gasteiger partial charge on any atom is 0.331 e. The van der Waals surface area contributed by atoms with E-state index in [4.69, 9.17) is 4.74 Å². The zero-order chi connectivity index (χ0) is 14.4. The topological polar surface area (TPSA) is 26.3 Å². The van der Waals surface area contributed by atoms with Crippen LogP contribution in [0.15, 0.2) is 60.7 Å². The van der Waals surface area contributed by atoms with Gasteiger partial charge in [-0.15, -0.1) is 0 Å². The van der Waals surface area contributed by atoms with Crippen molar-refractivity contribution in [1.82, 2.24) is 0 Å². The molecule has 2 aromatic carbocycles. The number of carbonyl (C=O) groups excluding carboxylic acids is 1. The standard InChI is InChI=1S/C18H18O2/c1-3-20-18(19)13-17(15-9-5-4-6-10-15)16-11-7-8-14(2)12-16/h4-13H,3H2,1-2H3/b17-13-. The van der Waals surface area contributed by atoms with E-state index in [-0.39, 0.29) is 5.97 Å². The van der Waals surface area contributed by atoms with E-state index >= 15 is 0 Å². The summed E-state index contributed by atoms with van der Waals surface area (Å²) in [5, 5.41) is 0. The van der Waals surface area contributed by atoms with Crippen molar-refractivity contribution in [2.45, 2.75) is 13.8 Å². The molecule has 102 valence electrons. The molecule has 0 fully saturated rings. The van der Waals surface area contributed by atoms with Crippen LogP contribution in [-0.4, -0.2) is 12.6 Å². The Bertz CT molecular complexity index is 612. The molecule has 0 aromatic heterocycles. The minimum atomic E-state index is -0.312. The predicted octanol–water partition coefficient (Wildman–Crippen LogP) is 3.99. The van der Waals surface area contributed by atoms with Crippen molar-refractivity contribution in [3.05, 3.63) is 77.4 Å². The lowest BCUT2D eigenvalue weighted by molar-refractivity contribution is -0.137. The van der Waals surface area contributed by atoms with Crippen LogP contribution in [0, 0.1) is 6.92 Å². The summed E-state index contributed by atoms with van der Waals surface area (Å²) >= 11 is 0. The molecule has 0 amide bonds. The van der Waals surface area contributed by atoms with Crippen LogP contribution in [-0.2, 0) is 9.53 Å². The summed E-state index contributed by atoms with van der Waals surface area (Å²) in [7, 11) is 0. The Labute approximate surface area is 119 Å². The number of hydrogen-bond donors (Lipinski definition) is 0. The Morgan fingerprint density at radius 2 is 1.75 bits per heavy atom. The van der Waals surface area contributed by atoms with Gasteiger partial charge in [0.15, 0.2) is 0 Å². The van der Waals surface area contributed by atoms with E-state index in [9.17, 15) is 4.79 Å². The first-order chi connectivity index (χ1) is 9.70. The molecule has 0 aliphatic rings. The van der Waals surface area contributed by atoms with Gasteiger partial charge in [0.2, 0.25) is 0 Å². The zero-order valence-corrected chi connectivity index (χ0v) is 11.8. The molecule has 0 heterocycles.